The minimum absolute atomic E-state index is 0.00981. The van der Waals surface area contributed by atoms with E-state index in [4.69, 9.17) is 4.74 Å². The van der Waals surface area contributed by atoms with E-state index in [9.17, 15) is 9.59 Å². The van der Waals surface area contributed by atoms with Crippen LogP contribution in [0.5, 0.6) is 0 Å². The standard InChI is InChI=1S/C19H23N3O3/c1-15-12-21(9-10-22(15)17-5-3-2-4-6-17)19(24)14-25-13-16-7-8-20-18(23)11-16/h2-8,11,15H,9-10,12-14H2,1H3,(H,20,23). The number of H-pyrrole nitrogens is 1. The Balaban J connectivity index is 1.48. The lowest BCUT2D eigenvalue weighted by Gasteiger charge is -2.41. The van der Waals surface area contributed by atoms with Crippen molar-refractivity contribution in [3.8, 4) is 0 Å². The summed E-state index contributed by atoms with van der Waals surface area (Å²) < 4.78 is 5.48. The molecular weight excluding hydrogens is 318 g/mol. The Labute approximate surface area is 147 Å². The third kappa shape index (κ3) is 4.48. The molecule has 1 aromatic carbocycles. The number of anilines is 1. The highest BCUT2D eigenvalue weighted by Gasteiger charge is 2.26. The first-order valence-electron chi connectivity index (χ1n) is 8.48. The number of rotatable bonds is 5. The first-order valence-corrected chi connectivity index (χ1v) is 8.48. The van der Waals surface area contributed by atoms with Crippen LogP contribution in [0.1, 0.15) is 12.5 Å². The number of hydrogen-bond acceptors (Lipinski definition) is 4. The molecule has 0 radical (unpaired) electrons. The minimum Gasteiger partial charge on any atom is -0.367 e. The Morgan fingerprint density at radius 1 is 1.24 bits per heavy atom. The van der Waals surface area contributed by atoms with Crippen molar-refractivity contribution in [1.29, 1.82) is 0 Å². The molecule has 2 aromatic rings. The van der Waals surface area contributed by atoms with Crippen LogP contribution in [-0.2, 0) is 16.1 Å². The van der Waals surface area contributed by atoms with Gasteiger partial charge in [0.05, 0.1) is 6.61 Å². The lowest BCUT2D eigenvalue weighted by atomic mass is 10.1. The molecule has 1 fully saturated rings. The monoisotopic (exact) mass is 341 g/mol. The first-order chi connectivity index (χ1) is 12.1. The van der Waals surface area contributed by atoms with Crippen LogP contribution in [0, 0.1) is 0 Å². The summed E-state index contributed by atoms with van der Waals surface area (Å²) >= 11 is 0. The quantitative estimate of drug-likeness (QED) is 0.898. The zero-order valence-corrected chi connectivity index (χ0v) is 14.4. The van der Waals surface area contributed by atoms with Crippen LogP contribution >= 0.6 is 0 Å². The van der Waals surface area contributed by atoms with Gasteiger partial charge in [-0.1, -0.05) is 18.2 Å². The highest BCUT2D eigenvalue weighted by molar-refractivity contribution is 5.77. The normalized spacial score (nSPS) is 17.6. The van der Waals surface area contributed by atoms with Crippen molar-refractivity contribution in [3.05, 3.63) is 64.6 Å². The molecule has 0 spiro atoms. The van der Waals surface area contributed by atoms with E-state index in [2.05, 4.69) is 28.9 Å². The second-order valence-corrected chi connectivity index (χ2v) is 6.27. The van der Waals surface area contributed by atoms with E-state index < -0.39 is 0 Å². The molecular formula is C19H23N3O3. The van der Waals surface area contributed by atoms with Gasteiger partial charge < -0.3 is 19.5 Å². The second-order valence-electron chi connectivity index (χ2n) is 6.27. The van der Waals surface area contributed by atoms with Gasteiger partial charge in [-0.3, -0.25) is 9.59 Å². The Bertz CT molecular complexity index is 760. The number of amides is 1. The molecule has 0 saturated carbocycles. The molecule has 1 amide bonds. The summed E-state index contributed by atoms with van der Waals surface area (Å²) in [6.45, 7) is 4.60. The third-order valence-corrected chi connectivity index (χ3v) is 4.40. The fourth-order valence-corrected chi connectivity index (χ4v) is 3.11. The van der Waals surface area contributed by atoms with Crippen molar-refractivity contribution in [2.45, 2.75) is 19.6 Å². The molecule has 0 bridgehead atoms. The van der Waals surface area contributed by atoms with Gasteiger partial charge in [0.15, 0.2) is 0 Å². The lowest BCUT2D eigenvalue weighted by molar-refractivity contribution is -0.137. The topological polar surface area (TPSA) is 65.6 Å². The number of hydrogen-bond donors (Lipinski definition) is 1. The Kier molecular flexibility index (Phi) is 5.50. The fraction of sp³-hybridized carbons (Fsp3) is 0.368. The van der Waals surface area contributed by atoms with Crippen LogP contribution in [0.3, 0.4) is 0 Å². The maximum Gasteiger partial charge on any atom is 0.248 e. The van der Waals surface area contributed by atoms with E-state index in [-0.39, 0.29) is 30.7 Å². The number of piperazine rings is 1. The first kappa shape index (κ1) is 17.2. The summed E-state index contributed by atoms with van der Waals surface area (Å²) in [5.41, 5.74) is 1.78. The summed E-state index contributed by atoms with van der Waals surface area (Å²) in [5.74, 6) is -0.00981. The molecule has 1 aromatic heterocycles. The SMILES string of the molecule is CC1CN(C(=O)COCc2cc[nH]c(=O)c2)CCN1c1ccccc1. The van der Waals surface area contributed by atoms with Crippen LogP contribution in [0.15, 0.2) is 53.5 Å². The van der Waals surface area contributed by atoms with E-state index in [1.54, 1.807) is 12.3 Å². The molecule has 1 aliphatic rings. The fourth-order valence-electron chi connectivity index (χ4n) is 3.11. The van der Waals surface area contributed by atoms with Gasteiger partial charge in [0, 0.05) is 43.6 Å². The van der Waals surface area contributed by atoms with E-state index >= 15 is 0 Å². The molecule has 1 atom stereocenters. The van der Waals surface area contributed by atoms with Crippen LogP contribution in [0.4, 0.5) is 5.69 Å². The predicted octanol–water partition coefficient (Wildman–Crippen LogP) is 1.63. The number of ether oxygens (including phenoxy) is 1. The number of carbonyl (C=O) groups excluding carboxylic acids is 1. The molecule has 25 heavy (non-hydrogen) atoms. The molecule has 1 saturated heterocycles. The summed E-state index contributed by atoms with van der Waals surface area (Å²) in [5, 5.41) is 0. The van der Waals surface area contributed by atoms with Crippen molar-refractivity contribution < 1.29 is 9.53 Å². The van der Waals surface area contributed by atoms with Gasteiger partial charge in [-0.05, 0) is 30.7 Å². The van der Waals surface area contributed by atoms with Crippen molar-refractivity contribution in [1.82, 2.24) is 9.88 Å². The smallest absolute Gasteiger partial charge is 0.248 e. The molecule has 1 unspecified atom stereocenters. The minimum atomic E-state index is -0.168. The molecule has 0 aliphatic carbocycles. The van der Waals surface area contributed by atoms with Crippen LogP contribution in [0.2, 0.25) is 0 Å². The molecule has 132 valence electrons. The van der Waals surface area contributed by atoms with E-state index in [0.717, 1.165) is 12.1 Å². The average Bonchev–Trinajstić information content (AvgIpc) is 2.62. The predicted molar refractivity (Wildman–Crippen MR) is 96.5 cm³/mol. The summed E-state index contributed by atoms with van der Waals surface area (Å²) in [6.07, 6.45) is 1.58. The van der Waals surface area contributed by atoms with Gasteiger partial charge >= 0.3 is 0 Å². The molecule has 6 heteroatoms. The summed E-state index contributed by atoms with van der Waals surface area (Å²) in [4.78, 5) is 30.3. The van der Waals surface area contributed by atoms with Gasteiger partial charge in [0.25, 0.3) is 0 Å². The second kappa shape index (κ2) is 7.98. The zero-order chi connectivity index (χ0) is 17.6. The Morgan fingerprint density at radius 2 is 2.04 bits per heavy atom. The molecule has 1 N–H and O–H groups in total. The molecule has 2 heterocycles. The number of nitrogens with zero attached hydrogens (tertiary/aromatic N) is 2. The van der Waals surface area contributed by atoms with Crippen LogP contribution in [0.25, 0.3) is 0 Å². The molecule has 1 aliphatic heterocycles. The van der Waals surface area contributed by atoms with Crippen molar-refractivity contribution in [2.24, 2.45) is 0 Å². The number of aromatic amines is 1. The molecule has 3 rings (SSSR count). The zero-order valence-electron chi connectivity index (χ0n) is 14.4. The van der Waals surface area contributed by atoms with Crippen molar-refractivity contribution in [2.75, 3.05) is 31.1 Å². The largest absolute Gasteiger partial charge is 0.367 e. The van der Waals surface area contributed by atoms with Gasteiger partial charge in [-0.2, -0.15) is 0 Å². The Hall–Kier alpha value is -2.60. The van der Waals surface area contributed by atoms with Crippen LogP contribution < -0.4 is 10.5 Å². The van der Waals surface area contributed by atoms with Gasteiger partial charge in [-0.25, -0.2) is 0 Å². The van der Waals surface area contributed by atoms with E-state index in [0.29, 0.717) is 13.1 Å². The number of nitrogens with one attached hydrogen (secondary N) is 1. The number of benzene rings is 1. The van der Waals surface area contributed by atoms with E-state index in [1.807, 2.05) is 23.1 Å². The lowest BCUT2D eigenvalue weighted by Crippen LogP contribution is -2.54. The maximum atomic E-state index is 12.4. The highest BCUT2D eigenvalue weighted by Crippen LogP contribution is 2.20. The Morgan fingerprint density at radius 3 is 2.76 bits per heavy atom. The van der Waals surface area contributed by atoms with Gasteiger partial charge in [0.1, 0.15) is 6.61 Å². The number of carbonyl (C=O) groups is 1. The van der Waals surface area contributed by atoms with Gasteiger partial charge in [-0.15, -0.1) is 0 Å². The molecule has 6 nitrogen and oxygen atoms in total. The number of aromatic nitrogens is 1. The summed E-state index contributed by atoms with van der Waals surface area (Å²) in [6, 6.07) is 13.8. The van der Waals surface area contributed by atoms with Crippen molar-refractivity contribution >= 4 is 11.6 Å². The van der Waals surface area contributed by atoms with Crippen molar-refractivity contribution in [3.63, 3.8) is 0 Å². The maximum absolute atomic E-state index is 12.4. The van der Waals surface area contributed by atoms with Crippen LogP contribution in [-0.4, -0.2) is 48.1 Å². The number of pyridine rings is 1. The number of para-hydroxylation sites is 1. The average molecular weight is 341 g/mol. The highest BCUT2D eigenvalue weighted by atomic mass is 16.5. The van der Waals surface area contributed by atoms with E-state index in [1.165, 1.54) is 11.8 Å². The van der Waals surface area contributed by atoms with Gasteiger partial charge in [0.2, 0.25) is 11.5 Å². The third-order valence-electron chi connectivity index (χ3n) is 4.40. The summed E-state index contributed by atoms with van der Waals surface area (Å²) in [7, 11) is 0.